The molecule has 0 unspecified atom stereocenters. The highest BCUT2D eigenvalue weighted by Gasteiger charge is 2.27. The van der Waals surface area contributed by atoms with E-state index in [2.05, 4.69) is 12.2 Å². The lowest BCUT2D eigenvalue weighted by Crippen LogP contribution is -2.37. The third-order valence-corrected chi connectivity index (χ3v) is 6.94. The summed E-state index contributed by atoms with van der Waals surface area (Å²) in [6, 6.07) is 13.7. The van der Waals surface area contributed by atoms with Gasteiger partial charge in [-0.05, 0) is 66.8 Å². The van der Waals surface area contributed by atoms with Crippen molar-refractivity contribution >= 4 is 27.7 Å². The number of sulfonamides is 1. The molecule has 6 nitrogen and oxygen atoms in total. The van der Waals surface area contributed by atoms with E-state index in [1.54, 1.807) is 25.3 Å². The maximum atomic E-state index is 12.8. The van der Waals surface area contributed by atoms with E-state index in [-0.39, 0.29) is 10.8 Å². The van der Waals surface area contributed by atoms with Gasteiger partial charge in [-0.3, -0.25) is 4.79 Å². The molecule has 3 rings (SSSR count). The molecule has 7 heteroatoms. The van der Waals surface area contributed by atoms with Crippen molar-refractivity contribution in [1.29, 1.82) is 0 Å². The normalized spacial score (nSPS) is 16.1. The molecule has 1 fully saturated rings. The SMILES string of the molecule is COc1cccc(/C=C/C(=O)Nc2ccc(S(=O)(=O)N3CCC(C)CC3)cc2)c1. The van der Waals surface area contributed by atoms with Gasteiger partial charge in [0.15, 0.2) is 0 Å². The Morgan fingerprint density at radius 3 is 2.48 bits per heavy atom. The molecule has 0 radical (unpaired) electrons. The minimum Gasteiger partial charge on any atom is -0.497 e. The van der Waals surface area contributed by atoms with Crippen molar-refractivity contribution in [3.05, 3.63) is 60.2 Å². The minimum atomic E-state index is -3.49. The number of piperidine rings is 1. The van der Waals surface area contributed by atoms with Gasteiger partial charge in [0, 0.05) is 24.9 Å². The Bertz CT molecular complexity index is 976. The first kappa shape index (κ1) is 21.1. The Kier molecular flexibility index (Phi) is 6.71. The zero-order chi connectivity index (χ0) is 20.9. The van der Waals surface area contributed by atoms with Crippen molar-refractivity contribution in [2.24, 2.45) is 5.92 Å². The molecule has 154 valence electrons. The fourth-order valence-electron chi connectivity index (χ4n) is 3.19. The molecule has 0 aliphatic carbocycles. The zero-order valence-electron chi connectivity index (χ0n) is 16.7. The van der Waals surface area contributed by atoms with E-state index in [4.69, 9.17) is 4.74 Å². The van der Waals surface area contributed by atoms with Crippen LogP contribution in [0, 0.1) is 5.92 Å². The van der Waals surface area contributed by atoms with Gasteiger partial charge >= 0.3 is 0 Å². The molecule has 0 saturated carbocycles. The largest absolute Gasteiger partial charge is 0.497 e. The average molecular weight is 415 g/mol. The number of methoxy groups -OCH3 is 1. The van der Waals surface area contributed by atoms with E-state index in [1.165, 1.54) is 22.5 Å². The van der Waals surface area contributed by atoms with Gasteiger partial charge in [0.05, 0.1) is 12.0 Å². The zero-order valence-corrected chi connectivity index (χ0v) is 17.5. The smallest absolute Gasteiger partial charge is 0.248 e. The molecule has 0 spiro atoms. The second kappa shape index (κ2) is 9.24. The molecule has 1 N–H and O–H groups in total. The predicted octanol–water partition coefficient (Wildman–Crippen LogP) is 3.77. The van der Waals surface area contributed by atoms with Crippen LogP contribution >= 0.6 is 0 Å². The van der Waals surface area contributed by atoms with Gasteiger partial charge < -0.3 is 10.1 Å². The molecule has 1 amide bonds. The van der Waals surface area contributed by atoms with Gasteiger partial charge in [-0.25, -0.2) is 8.42 Å². The van der Waals surface area contributed by atoms with Crippen LogP contribution in [0.2, 0.25) is 0 Å². The molecular formula is C22H26N2O4S. The van der Waals surface area contributed by atoms with Crippen LogP contribution in [0.3, 0.4) is 0 Å². The second-order valence-corrected chi connectivity index (χ2v) is 9.15. The van der Waals surface area contributed by atoms with E-state index in [1.807, 2.05) is 24.3 Å². The molecule has 0 atom stereocenters. The lowest BCUT2D eigenvalue weighted by Gasteiger charge is -2.29. The lowest BCUT2D eigenvalue weighted by atomic mass is 10.0. The highest BCUT2D eigenvalue weighted by atomic mass is 32.2. The number of carbonyl (C=O) groups excluding carboxylic acids is 1. The van der Waals surface area contributed by atoms with E-state index < -0.39 is 10.0 Å². The number of benzene rings is 2. The first-order chi connectivity index (χ1) is 13.9. The van der Waals surface area contributed by atoms with Crippen molar-refractivity contribution in [3.63, 3.8) is 0 Å². The molecule has 2 aromatic carbocycles. The van der Waals surface area contributed by atoms with Crippen molar-refractivity contribution < 1.29 is 17.9 Å². The van der Waals surface area contributed by atoms with Crippen LogP contribution in [0.5, 0.6) is 5.75 Å². The van der Waals surface area contributed by atoms with Crippen LogP contribution in [0.1, 0.15) is 25.3 Å². The van der Waals surface area contributed by atoms with Gasteiger partial charge in [0.2, 0.25) is 15.9 Å². The number of amides is 1. The molecule has 1 aliphatic rings. The number of carbonyl (C=O) groups is 1. The Balaban J connectivity index is 1.62. The molecule has 0 aromatic heterocycles. The summed E-state index contributed by atoms with van der Waals surface area (Å²) in [7, 11) is -1.90. The third kappa shape index (κ3) is 5.46. The second-order valence-electron chi connectivity index (χ2n) is 7.21. The first-order valence-electron chi connectivity index (χ1n) is 9.62. The maximum absolute atomic E-state index is 12.8. The number of nitrogens with one attached hydrogen (secondary N) is 1. The number of nitrogens with zero attached hydrogens (tertiary/aromatic N) is 1. The van der Waals surface area contributed by atoms with Crippen molar-refractivity contribution in [3.8, 4) is 5.75 Å². The quantitative estimate of drug-likeness (QED) is 0.730. The topological polar surface area (TPSA) is 75.7 Å². The summed E-state index contributed by atoms with van der Waals surface area (Å²) < 4.78 is 32.2. The molecule has 29 heavy (non-hydrogen) atoms. The Labute approximate surface area is 172 Å². The van der Waals surface area contributed by atoms with Gasteiger partial charge in [0.25, 0.3) is 0 Å². The maximum Gasteiger partial charge on any atom is 0.248 e. The van der Waals surface area contributed by atoms with Gasteiger partial charge in [-0.2, -0.15) is 4.31 Å². The Morgan fingerprint density at radius 1 is 1.14 bits per heavy atom. The van der Waals surface area contributed by atoms with Crippen molar-refractivity contribution in [2.75, 3.05) is 25.5 Å². The number of ether oxygens (including phenoxy) is 1. The van der Waals surface area contributed by atoms with Crippen molar-refractivity contribution in [2.45, 2.75) is 24.7 Å². The molecule has 1 heterocycles. The Hall–Kier alpha value is -2.64. The number of anilines is 1. The fraction of sp³-hybridized carbons (Fsp3) is 0.318. The third-order valence-electron chi connectivity index (χ3n) is 5.02. The monoisotopic (exact) mass is 414 g/mol. The van der Waals surface area contributed by atoms with Crippen LogP contribution in [-0.2, 0) is 14.8 Å². The number of hydrogen-bond donors (Lipinski definition) is 1. The van der Waals surface area contributed by atoms with Crippen LogP contribution in [0.4, 0.5) is 5.69 Å². The molecule has 1 aliphatic heterocycles. The van der Waals surface area contributed by atoms with Crippen LogP contribution in [0.15, 0.2) is 59.5 Å². The summed E-state index contributed by atoms with van der Waals surface area (Å²) in [6.45, 7) is 3.25. The summed E-state index contributed by atoms with van der Waals surface area (Å²) >= 11 is 0. The number of rotatable bonds is 6. The standard InChI is InChI=1S/C22H26N2O4S/c1-17-12-14-24(15-13-17)29(26,27)21-9-7-19(8-10-21)23-22(25)11-6-18-4-3-5-20(16-18)28-2/h3-11,16-17H,12-15H2,1-2H3,(H,23,25)/b11-6+. The molecule has 0 bridgehead atoms. The van der Waals surface area contributed by atoms with Crippen LogP contribution in [-0.4, -0.2) is 38.8 Å². The lowest BCUT2D eigenvalue weighted by molar-refractivity contribution is -0.111. The highest BCUT2D eigenvalue weighted by molar-refractivity contribution is 7.89. The van der Waals surface area contributed by atoms with Gasteiger partial charge in [0.1, 0.15) is 5.75 Å². The van der Waals surface area contributed by atoms with Gasteiger partial charge in [-0.1, -0.05) is 19.1 Å². The molecule has 1 saturated heterocycles. The summed E-state index contributed by atoms with van der Waals surface area (Å²) in [5.74, 6) is 0.977. The minimum absolute atomic E-state index is 0.247. The van der Waals surface area contributed by atoms with E-state index in [9.17, 15) is 13.2 Å². The van der Waals surface area contributed by atoms with Gasteiger partial charge in [-0.15, -0.1) is 0 Å². The first-order valence-corrected chi connectivity index (χ1v) is 11.1. The summed E-state index contributed by atoms with van der Waals surface area (Å²) in [4.78, 5) is 12.4. The molecular weight excluding hydrogens is 388 g/mol. The molecule has 2 aromatic rings. The summed E-state index contributed by atoms with van der Waals surface area (Å²) in [6.07, 6.45) is 4.88. The average Bonchev–Trinajstić information content (AvgIpc) is 2.73. The summed E-state index contributed by atoms with van der Waals surface area (Å²) in [5, 5.41) is 2.74. The Morgan fingerprint density at radius 2 is 1.83 bits per heavy atom. The highest BCUT2D eigenvalue weighted by Crippen LogP contribution is 2.24. The van der Waals surface area contributed by atoms with Crippen LogP contribution < -0.4 is 10.1 Å². The van der Waals surface area contributed by atoms with Crippen LogP contribution in [0.25, 0.3) is 6.08 Å². The predicted molar refractivity (Wildman–Crippen MR) is 114 cm³/mol. The number of hydrogen-bond acceptors (Lipinski definition) is 4. The van der Waals surface area contributed by atoms with E-state index in [0.29, 0.717) is 30.4 Å². The summed E-state index contributed by atoms with van der Waals surface area (Å²) in [5.41, 5.74) is 1.38. The fourth-order valence-corrected chi connectivity index (χ4v) is 4.66. The van der Waals surface area contributed by atoms with E-state index >= 15 is 0 Å². The van der Waals surface area contributed by atoms with Crippen molar-refractivity contribution in [1.82, 2.24) is 4.31 Å². The van der Waals surface area contributed by atoms with E-state index in [0.717, 1.165) is 18.4 Å².